The summed E-state index contributed by atoms with van der Waals surface area (Å²) in [6, 6.07) is 6.58. The van der Waals surface area contributed by atoms with Crippen molar-refractivity contribution in [3.05, 3.63) is 50.2 Å². The number of aryl methyl sites for hydroxylation is 2. The quantitative estimate of drug-likeness (QED) is 0.631. The van der Waals surface area contributed by atoms with E-state index in [1.54, 1.807) is 10.7 Å². The van der Waals surface area contributed by atoms with Crippen molar-refractivity contribution in [3.8, 4) is 5.69 Å². The molecular weight excluding hydrogens is 286 g/mol. The van der Waals surface area contributed by atoms with Crippen LogP contribution in [-0.2, 0) is 0 Å². The molecule has 17 heavy (non-hydrogen) atoms. The zero-order valence-electron chi connectivity index (χ0n) is 9.35. The minimum atomic E-state index is -0.421. The van der Waals surface area contributed by atoms with Gasteiger partial charge in [0.2, 0.25) is 0 Å². The van der Waals surface area contributed by atoms with Gasteiger partial charge in [0.1, 0.15) is 0 Å². The molecule has 6 heteroatoms. The van der Waals surface area contributed by atoms with Crippen LogP contribution in [0.3, 0.4) is 0 Å². The Kier molecular flexibility index (Phi) is 2.97. The minimum Gasteiger partial charge on any atom is -0.258 e. The van der Waals surface area contributed by atoms with E-state index in [1.165, 1.54) is 12.1 Å². The van der Waals surface area contributed by atoms with Crippen molar-refractivity contribution in [2.24, 2.45) is 0 Å². The molecule has 88 valence electrons. The summed E-state index contributed by atoms with van der Waals surface area (Å²) >= 11 is 3.33. The lowest BCUT2D eigenvalue weighted by Gasteiger charge is -2.06. The molecule has 0 N–H and O–H groups in total. The summed E-state index contributed by atoms with van der Waals surface area (Å²) in [4.78, 5) is 10.2. The first-order valence-corrected chi connectivity index (χ1v) is 5.76. The molecule has 5 nitrogen and oxygen atoms in total. The maximum absolute atomic E-state index is 10.6. The maximum atomic E-state index is 10.6. The van der Waals surface area contributed by atoms with Crippen molar-refractivity contribution in [2.45, 2.75) is 13.8 Å². The smallest absolute Gasteiger partial charge is 0.258 e. The number of aromatic nitrogens is 2. The van der Waals surface area contributed by atoms with Gasteiger partial charge >= 0.3 is 0 Å². The van der Waals surface area contributed by atoms with E-state index in [0.29, 0.717) is 4.47 Å². The van der Waals surface area contributed by atoms with Crippen LogP contribution in [0.25, 0.3) is 5.69 Å². The zero-order chi connectivity index (χ0) is 12.6. The van der Waals surface area contributed by atoms with Gasteiger partial charge in [-0.15, -0.1) is 0 Å². The highest BCUT2D eigenvalue weighted by Gasteiger charge is 2.12. The molecule has 2 rings (SSSR count). The van der Waals surface area contributed by atoms with Crippen LogP contribution in [0.1, 0.15) is 11.4 Å². The molecule has 0 atom stereocenters. The predicted molar refractivity (Wildman–Crippen MR) is 67.4 cm³/mol. The van der Waals surface area contributed by atoms with Gasteiger partial charge < -0.3 is 0 Å². The van der Waals surface area contributed by atoms with Crippen LogP contribution >= 0.6 is 15.9 Å². The number of nitro benzene ring substituents is 1. The van der Waals surface area contributed by atoms with Gasteiger partial charge in [-0.3, -0.25) is 10.1 Å². The molecule has 0 bridgehead atoms. The van der Waals surface area contributed by atoms with E-state index in [0.717, 1.165) is 17.1 Å². The third-order valence-corrected chi connectivity index (χ3v) is 3.02. The topological polar surface area (TPSA) is 61.0 Å². The molecule has 1 aromatic carbocycles. The van der Waals surface area contributed by atoms with Gasteiger partial charge in [-0.25, -0.2) is 4.68 Å². The molecule has 0 fully saturated rings. The first-order chi connectivity index (χ1) is 7.99. The summed E-state index contributed by atoms with van der Waals surface area (Å²) in [6.45, 7) is 3.84. The first kappa shape index (κ1) is 11.8. The number of rotatable bonds is 2. The number of non-ortho nitro benzene ring substituents is 1. The number of benzene rings is 1. The van der Waals surface area contributed by atoms with Crippen molar-refractivity contribution in [1.29, 1.82) is 0 Å². The molecule has 0 saturated heterocycles. The molecule has 2 aromatic rings. The highest BCUT2D eigenvalue weighted by molar-refractivity contribution is 9.10. The molecule has 0 aliphatic carbocycles. The number of halogens is 1. The van der Waals surface area contributed by atoms with Gasteiger partial charge in [0.05, 0.1) is 20.8 Å². The predicted octanol–water partition coefficient (Wildman–Crippen LogP) is 3.16. The Morgan fingerprint density at radius 1 is 1.35 bits per heavy atom. The Morgan fingerprint density at radius 2 is 2.06 bits per heavy atom. The zero-order valence-corrected chi connectivity index (χ0v) is 10.9. The SMILES string of the molecule is Cc1cc(C)n(-c2ccc([N+](=O)[O-])cc2Br)n1. The normalized spacial score (nSPS) is 10.5. The minimum absolute atomic E-state index is 0.0576. The van der Waals surface area contributed by atoms with Crippen molar-refractivity contribution < 1.29 is 4.92 Å². The van der Waals surface area contributed by atoms with Crippen LogP contribution < -0.4 is 0 Å². The van der Waals surface area contributed by atoms with E-state index >= 15 is 0 Å². The van der Waals surface area contributed by atoms with E-state index < -0.39 is 4.92 Å². The molecule has 0 aliphatic heterocycles. The summed E-state index contributed by atoms with van der Waals surface area (Å²) in [5.74, 6) is 0. The molecule has 0 unspecified atom stereocenters. The third-order valence-electron chi connectivity index (χ3n) is 2.38. The van der Waals surface area contributed by atoms with Crippen molar-refractivity contribution in [2.75, 3.05) is 0 Å². The van der Waals surface area contributed by atoms with E-state index in [1.807, 2.05) is 19.9 Å². The summed E-state index contributed by atoms with van der Waals surface area (Å²) in [7, 11) is 0. The summed E-state index contributed by atoms with van der Waals surface area (Å²) in [5.41, 5.74) is 2.74. The number of hydrogen-bond donors (Lipinski definition) is 0. The van der Waals surface area contributed by atoms with Gasteiger partial charge in [0.25, 0.3) is 5.69 Å². The highest BCUT2D eigenvalue weighted by atomic mass is 79.9. The molecule has 0 saturated carbocycles. The Labute approximate surface area is 106 Å². The van der Waals surface area contributed by atoms with E-state index in [-0.39, 0.29) is 5.69 Å². The summed E-state index contributed by atoms with van der Waals surface area (Å²) in [6.07, 6.45) is 0. The second-order valence-electron chi connectivity index (χ2n) is 3.73. The molecule has 0 amide bonds. The van der Waals surface area contributed by atoms with Crippen LogP contribution in [-0.4, -0.2) is 14.7 Å². The Bertz CT molecular complexity index is 592. The Hall–Kier alpha value is -1.69. The fraction of sp³-hybridized carbons (Fsp3) is 0.182. The molecule has 1 aromatic heterocycles. The second kappa shape index (κ2) is 4.29. The Balaban J connectivity index is 2.54. The number of nitrogens with zero attached hydrogens (tertiary/aromatic N) is 3. The lowest BCUT2D eigenvalue weighted by Crippen LogP contribution is -2.00. The van der Waals surface area contributed by atoms with Crippen LogP contribution in [0.15, 0.2) is 28.7 Å². The van der Waals surface area contributed by atoms with Crippen LogP contribution in [0.4, 0.5) is 5.69 Å². The van der Waals surface area contributed by atoms with Gasteiger partial charge in [-0.2, -0.15) is 5.10 Å². The summed E-state index contributed by atoms with van der Waals surface area (Å²) in [5, 5.41) is 15.0. The fourth-order valence-electron chi connectivity index (χ4n) is 1.65. The first-order valence-electron chi connectivity index (χ1n) is 4.96. The number of nitro groups is 1. The standard InChI is InChI=1S/C11H10BrN3O2/c1-7-5-8(2)14(13-7)11-4-3-9(15(16)17)6-10(11)12/h3-6H,1-2H3. The van der Waals surface area contributed by atoms with Crippen LogP contribution in [0.2, 0.25) is 0 Å². The van der Waals surface area contributed by atoms with E-state index in [9.17, 15) is 10.1 Å². The fourth-order valence-corrected chi connectivity index (χ4v) is 2.19. The second-order valence-corrected chi connectivity index (χ2v) is 4.59. The lowest BCUT2D eigenvalue weighted by molar-refractivity contribution is -0.384. The molecule has 0 aliphatic rings. The molecule has 1 heterocycles. The van der Waals surface area contributed by atoms with Crippen molar-refractivity contribution >= 4 is 21.6 Å². The van der Waals surface area contributed by atoms with Gasteiger partial charge in [0, 0.05) is 17.8 Å². The van der Waals surface area contributed by atoms with Gasteiger partial charge in [-0.1, -0.05) is 0 Å². The number of hydrogen-bond acceptors (Lipinski definition) is 3. The average Bonchev–Trinajstić information content (AvgIpc) is 2.57. The average molecular weight is 296 g/mol. The largest absolute Gasteiger partial charge is 0.270 e. The van der Waals surface area contributed by atoms with Crippen LogP contribution in [0.5, 0.6) is 0 Å². The Morgan fingerprint density at radius 3 is 2.53 bits per heavy atom. The molecule has 0 spiro atoms. The van der Waals surface area contributed by atoms with Crippen molar-refractivity contribution in [1.82, 2.24) is 9.78 Å². The van der Waals surface area contributed by atoms with Gasteiger partial charge in [-0.05, 0) is 41.9 Å². The molecule has 0 radical (unpaired) electrons. The highest BCUT2D eigenvalue weighted by Crippen LogP contribution is 2.26. The monoisotopic (exact) mass is 295 g/mol. The van der Waals surface area contributed by atoms with Gasteiger partial charge in [0.15, 0.2) is 0 Å². The summed E-state index contributed by atoms with van der Waals surface area (Å²) < 4.78 is 2.40. The third kappa shape index (κ3) is 2.21. The molecular formula is C11H10BrN3O2. The van der Waals surface area contributed by atoms with Crippen molar-refractivity contribution in [3.63, 3.8) is 0 Å². The van der Waals surface area contributed by atoms with E-state index in [2.05, 4.69) is 21.0 Å². The maximum Gasteiger partial charge on any atom is 0.270 e. The lowest BCUT2D eigenvalue weighted by atomic mass is 10.3. The van der Waals surface area contributed by atoms with Crippen LogP contribution in [0, 0.1) is 24.0 Å². The van der Waals surface area contributed by atoms with E-state index in [4.69, 9.17) is 0 Å².